The molecule has 0 bridgehead atoms. The molecule has 2 nitrogen and oxygen atoms in total. The Balaban J connectivity index is 2.31. The lowest BCUT2D eigenvalue weighted by Crippen LogP contribution is -2.03. The lowest BCUT2D eigenvalue weighted by Gasteiger charge is -2.08. The third-order valence-electron chi connectivity index (χ3n) is 2.29. The van der Waals surface area contributed by atoms with Gasteiger partial charge in [-0.2, -0.15) is 13.2 Å². The van der Waals surface area contributed by atoms with Gasteiger partial charge in [0.1, 0.15) is 11.9 Å². The summed E-state index contributed by atoms with van der Waals surface area (Å²) in [4.78, 5) is 3.17. The Morgan fingerprint density at radius 3 is 2.53 bits per heavy atom. The summed E-state index contributed by atoms with van der Waals surface area (Å²) in [5.74, 6) is -0.751. The second-order valence-electron chi connectivity index (χ2n) is 3.64. The maximum atomic E-state index is 13.2. The molecule has 0 radical (unpaired) electrons. The highest BCUT2D eigenvalue weighted by atomic mass is 35.5. The summed E-state index contributed by atoms with van der Waals surface area (Å²) in [6.07, 6.45) is -5.01. The van der Waals surface area contributed by atoms with Gasteiger partial charge in [-0.3, -0.25) is 0 Å². The second-order valence-corrected chi connectivity index (χ2v) is 5.11. The largest absolute Gasteiger partial charge is 0.443 e. The van der Waals surface area contributed by atoms with Crippen molar-refractivity contribution in [3.05, 3.63) is 50.7 Å². The van der Waals surface area contributed by atoms with Crippen LogP contribution in [0.15, 0.2) is 24.4 Å². The molecule has 2 rings (SSSR count). The van der Waals surface area contributed by atoms with E-state index in [4.69, 9.17) is 11.6 Å². The lowest BCUT2D eigenvalue weighted by atomic mass is 10.1. The van der Waals surface area contributed by atoms with Crippen molar-refractivity contribution in [2.75, 3.05) is 0 Å². The van der Waals surface area contributed by atoms with Crippen LogP contribution in [0.1, 0.15) is 21.6 Å². The molecule has 0 saturated heterocycles. The van der Waals surface area contributed by atoms with Crippen molar-refractivity contribution in [1.29, 1.82) is 0 Å². The van der Waals surface area contributed by atoms with Crippen LogP contribution in [0.25, 0.3) is 0 Å². The van der Waals surface area contributed by atoms with E-state index in [0.29, 0.717) is 11.3 Å². The number of hydrogen-bond acceptors (Lipinski definition) is 3. The Bertz CT molecular complexity index is 599. The third kappa shape index (κ3) is 3.05. The van der Waals surface area contributed by atoms with Crippen LogP contribution >= 0.6 is 22.9 Å². The highest BCUT2D eigenvalue weighted by molar-refractivity contribution is 7.11. The van der Waals surface area contributed by atoms with E-state index >= 15 is 0 Å². The van der Waals surface area contributed by atoms with Crippen LogP contribution in [0.4, 0.5) is 17.6 Å². The number of alkyl halides is 3. The van der Waals surface area contributed by atoms with Crippen LogP contribution in [0.2, 0.25) is 5.02 Å². The molecule has 0 aliphatic carbocycles. The zero-order valence-electron chi connectivity index (χ0n) is 9.08. The Hall–Kier alpha value is -1.18. The van der Waals surface area contributed by atoms with Gasteiger partial charge in [0.25, 0.3) is 0 Å². The predicted molar refractivity (Wildman–Crippen MR) is 62.6 cm³/mol. The van der Waals surface area contributed by atoms with E-state index in [9.17, 15) is 22.7 Å². The summed E-state index contributed by atoms with van der Waals surface area (Å²) in [5, 5.41) is 8.69. The van der Waals surface area contributed by atoms with Gasteiger partial charge in [0.05, 0.1) is 9.90 Å². The first-order valence-corrected chi connectivity index (χ1v) is 6.14. The highest BCUT2D eigenvalue weighted by Gasteiger charge is 2.35. The highest BCUT2D eigenvalue weighted by Crippen LogP contribution is 2.36. The summed E-state index contributed by atoms with van der Waals surface area (Å²) in [6, 6.07) is 3.53. The standard InChI is InChI=1S/C11H6ClF4NOS/c12-6-2-1-5(3-7(6)13)9(18)8-4-17-10(19-8)11(14,15)16/h1-4,9,18H. The number of nitrogens with zero attached hydrogens (tertiary/aromatic N) is 1. The van der Waals surface area contributed by atoms with E-state index in [-0.39, 0.29) is 15.5 Å². The zero-order valence-corrected chi connectivity index (χ0v) is 10.7. The molecular weight excluding hydrogens is 306 g/mol. The summed E-state index contributed by atoms with van der Waals surface area (Å²) >= 11 is 5.79. The molecule has 0 spiro atoms. The molecule has 0 aliphatic rings. The lowest BCUT2D eigenvalue weighted by molar-refractivity contribution is -0.137. The van der Waals surface area contributed by atoms with E-state index in [1.807, 2.05) is 0 Å². The van der Waals surface area contributed by atoms with E-state index in [1.165, 1.54) is 12.1 Å². The quantitative estimate of drug-likeness (QED) is 0.849. The van der Waals surface area contributed by atoms with Crippen molar-refractivity contribution < 1.29 is 22.7 Å². The Labute approximate surface area is 114 Å². The van der Waals surface area contributed by atoms with Crippen LogP contribution in [-0.4, -0.2) is 10.1 Å². The average Bonchev–Trinajstić information content (AvgIpc) is 2.81. The van der Waals surface area contributed by atoms with Crippen molar-refractivity contribution in [2.24, 2.45) is 0 Å². The number of aliphatic hydroxyl groups excluding tert-OH is 1. The maximum absolute atomic E-state index is 13.2. The van der Waals surface area contributed by atoms with Gasteiger partial charge in [-0.1, -0.05) is 17.7 Å². The van der Waals surface area contributed by atoms with Gasteiger partial charge in [0.15, 0.2) is 5.01 Å². The van der Waals surface area contributed by atoms with Gasteiger partial charge in [0, 0.05) is 6.20 Å². The number of thiazole rings is 1. The fraction of sp³-hybridized carbons (Fsp3) is 0.182. The van der Waals surface area contributed by atoms with Gasteiger partial charge in [-0.15, -0.1) is 11.3 Å². The van der Waals surface area contributed by atoms with Gasteiger partial charge in [-0.05, 0) is 17.7 Å². The number of rotatable bonds is 2. The SMILES string of the molecule is OC(c1ccc(Cl)c(F)c1)c1cnc(C(F)(F)F)s1. The molecule has 1 aromatic heterocycles. The van der Waals surface area contributed by atoms with E-state index in [2.05, 4.69) is 4.98 Å². The van der Waals surface area contributed by atoms with Gasteiger partial charge in [-0.25, -0.2) is 9.37 Å². The zero-order chi connectivity index (χ0) is 14.2. The smallest absolute Gasteiger partial charge is 0.383 e. The van der Waals surface area contributed by atoms with Crippen LogP contribution in [0.3, 0.4) is 0 Å². The van der Waals surface area contributed by atoms with E-state index in [1.54, 1.807) is 0 Å². The van der Waals surface area contributed by atoms with Crippen molar-refractivity contribution in [3.8, 4) is 0 Å². The third-order valence-corrected chi connectivity index (χ3v) is 3.70. The molecule has 0 amide bonds. The molecule has 1 unspecified atom stereocenters. The number of halogens is 5. The number of aliphatic hydroxyl groups is 1. The van der Waals surface area contributed by atoms with E-state index in [0.717, 1.165) is 12.3 Å². The predicted octanol–water partition coefficient (Wildman–Crippen LogP) is 4.04. The van der Waals surface area contributed by atoms with Gasteiger partial charge in [0.2, 0.25) is 0 Å². The topological polar surface area (TPSA) is 33.1 Å². The van der Waals surface area contributed by atoms with Crippen LogP contribution in [0, 0.1) is 5.82 Å². The normalized spacial score (nSPS) is 13.6. The minimum Gasteiger partial charge on any atom is -0.383 e. The minimum absolute atomic E-state index is 0.0194. The first kappa shape index (κ1) is 14.2. The van der Waals surface area contributed by atoms with Crippen molar-refractivity contribution in [3.63, 3.8) is 0 Å². The molecule has 102 valence electrons. The maximum Gasteiger partial charge on any atom is 0.443 e. The fourth-order valence-corrected chi connectivity index (χ4v) is 2.31. The molecule has 2 aromatic rings. The van der Waals surface area contributed by atoms with Gasteiger partial charge < -0.3 is 5.11 Å². The Morgan fingerprint density at radius 1 is 1.32 bits per heavy atom. The fourth-order valence-electron chi connectivity index (χ4n) is 1.39. The summed E-state index contributed by atoms with van der Waals surface area (Å²) < 4.78 is 50.3. The van der Waals surface area contributed by atoms with Crippen LogP contribution in [0.5, 0.6) is 0 Å². The summed E-state index contributed by atoms with van der Waals surface area (Å²) in [7, 11) is 0. The molecule has 0 fully saturated rings. The average molecular weight is 312 g/mol. The molecule has 1 N–H and O–H groups in total. The monoisotopic (exact) mass is 311 g/mol. The molecule has 1 heterocycles. The Morgan fingerprint density at radius 2 is 2.00 bits per heavy atom. The first-order valence-electron chi connectivity index (χ1n) is 4.95. The Kier molecular flexibility index (Phi) is 3.80. The number of benzene rings is 1. The van der Waals surface area contributed by atoms with Crippen LogP contribution in [-0.2, 0) is 6.18 Å². The molecule has 1 aromatic carbocycles. The molecule has 8 heteroatoms. The number of hydrogen-bond donors (Lipinski definition) is 1. The summed E-state index contributed by atoms with van der Waals surface area (Å²) in [6.45, 7) is 0. The van der Waals surface area contributed by atoms with Crippen molar-refractivity contribution >= 4 is 22.9 Å². The van der Waals surface area contributed by atoms with Crippen molar-refractivity contribution in [2.45, 2.75) is 12.3 Å². The summed E-state index contributed by atoms with van der Waals surface area (Å²) in [5.41, 5.74) is 0.110. The molecule has 0 saturated carbocycles. The van der Waals surface area contributed by atoms with Crippen LogP contribution < -0.4 is 0 Å². The number of aromatic nitrogens is 1. The molecular formula is C11H6ClF4NOS. The first-order chi connectivity index (χ1) is 8.79. The van der Waals surface area contributed by atoms with Crippen molar-refractivity contribution in [1.82, 2.24) is 4.98 Å². The minimum atomic E-state index is -4.56. The molecule has 0 aliphatic heterocycles. The molecule has 19 heavy (non-hydrogen) atoms. The molecule has 1 atom stereocenters. The van der Waals surface area contributed by atoms with E-state index < -0.39 is 23.1 Å². The van der Waals surface area contributed by atoms with Gasteiger partial charge >= 0.3 is 6.18 Å². The second kappa shape index (κ2) is 5.07.